The number of rotatable bonds is 6. The minimum atomic E-state index is -0.524. The molecule has 1 atom stereocenters. The Morgan fingerprint density at radius 1 is 1.42 bits per heavy atom. The predicted octanol–water partition coefficient (Wildman–Crippen LogP) is 2.55. The molecule has 6 heteroatoms. The van der Waals surface area contributed by atoms with E-state index in [0.717, 1.165) is 6.42 Å². The number of nitrogens with zero attached hydrogens (tertiary/aromatic N) is 1. The van der Waals surface area contributed by atoms with Gasteiger partial charge in [-0.15, -0.1) is 0 Å². The van der Waals surface area contributed by atoms with Crippen molar-refractivity contribution >= 4 is 17.3 Å². The van der Waals surface area contributed by atoms with Crippen LogP contribution in [0, 0.1) is 10.1 Å². The van der Waals surface area contributed by atoms with Crippen molar-refractivity contribution < 1.29 is 9.72 Å². The monoisotopic (exact) mass is 265 g/mol. The molecule has 0 bridgehead atoms. The molecule has 0 aliphatic heterocycles. The first-order chi connectivity index (χ1) is 9.01. The van der Waals surface area contributed by atoms with E-state index in [9.17, 15) is 14.9 Å². The van der Waals surface area contributed by atoms with E-state index in [-0.39, 0.29) is 17.3 Å². The molecule has 2 N–H and O–H groups in total. The molecule has 1 aromatic carbocycles. The molecule has 0 aliphatic rings. The largest absolute Gasteiger partial charge is 0.380 e. The summed E-state index contributed by atoms with van der Waals surface area (Å²) in [4.78, 5) is 22.7. The highest BCUT2D eigenvalue weighted by molar-refractivity contribution is 6.00. The Balaban J connectivity index is 3.15. The third-order valence-corrected chi connectivity index (χ3v) is 2.82. The highest BCUT2D eigenvalue weighted by Gasteiger charge is 2.24. The van der Waals surface area contributed by atoms with Crippen molar-refractivity contribution in [2.75, 3.05) is 11.9 Å². The Morgan fingerprint density at radius 2 is 2.11 bits per heavy atom. The van der Waals surface area contributed by atoms with E-state index in [4.69, 9.17) is 0 Å². The summed E-state index contributed by atoms with van der Waals surface area (Å²) in [5, 5.41) is 16.8. The quantitative estimate of drug-likeness (QED) is 0.611. The van der Waals surface area contributed by atoms with Gasteiger partial charge in [0.1, 0.15) is 11.3 Å². The Morgan fingerprint density at radius 3 is 2.63 bits per heavy atom. The number of nitro benzene ring substituents is 1. The number of carbonyl (C=O) groups is 1. The van der Waals surface area contributed by atoms with Gasteiger partial charge in [-0.25, -0.2) is 0 Å². The minimum Gasteiger partial charge on any atom is -0.380 e. The first kappa shape index (κ1) is 14.9. The van der Waals surface area contributed by atoms with Crippen LogP contribution in [-0.2, 0) is 0 Å². The number of nitrogens with one attached hydrogen (secondary N) is 2. The summed E-state index contributed by atoms with van der Waals surface area (Å²) in [5.41, 5.74) is 0.276. The zero-order chi connectivity index (χ0) is 14.4. The second kappa shape index (κ2) is 6.72. The lowest BCUT2D eigenvalue weighted by Gasteiger charge is -2.13. The molecule has 0 saturated heterocycles. The third kappa shape index (κ3) is 3.67. The van der Waals surface area contributed by atoms with Crippen LogP contribution in [0.3, 0.4) is 0 Å². The molecule has 0 spiro atoms. The number of nitro groups is 1. The fourth-order valence-electron chi connectivity index (χ4n) is 1.66. The van der Waals surface area contributed by atoms with Crippen molar-refractivity contribution in [3.05, 3.63) is 33.9 Å². The summed E-state index contributed by atoms with van der Waals surface area (Å²) in [6.45, 7) is 6.19. The van der Waals surface area contributed by atoms with Crippen LogP contribution >= 0.6 is 0 Å². The highest BCUT2D eigenvalue weighted by atomic mass is 16.6. The molecule has 0 radical (unpaired) electrons. The molecule has 1 amide bonds. The van der Waals surface area contributed by atoms with Crippen LogP contribution in [0.2, 0.25) is 0 Å². The van der Waals surface area contributed by atoms with E-state index < -0.39 is 10.8 Å². The summed E-state index contributed by atoms with van der Waals surface area (Å²) < 4.78 is 0. The van der Waals surface area contributed by atoms with Gasteiger partial charge in [-0.3, -0.25) is 14.9 Å². The van der Waals surface area contributed by atoms with E-state index in [0.29, 0.717) is 12.2 Å². The molecule has 0 saturated carbocycles. The summed E-state index contributed by atoms with van der Waals surface area (Å²) in [5.74, 6) is -0.416. The van der Waals surface area contributed by atoms with Crippen LogP contribution in [0.25, 0.3) is 0 Å². The SMILES string of the molecule is CCNc1cccc(C(=O)NC(C)CC)c1[N+](=O)[O-]. The van der Waals surface area contributed by atoms with Gasteiger partial charge in [0.25, 0.3) is 5.91 Å². The second-order valence-electron chi connectivity index (χ2n) is 4.27. The van der Waals surface area contributed by atoms with Gasteiger partial charge in [-0.2, -0.15) is 0 Å². The number of hydrogen-bond donors (Lipinski definition) is 2. The highest BCUT2D eigenvalue weighted by Crippen LogP contribution is 2.28. The van der Waals surface area contributed by atoms with Crippen LogP contribution in [0.5, 0.6) is 0 Å². The maximum absolute atomic E-state index is 12.1. The van der Waals surface area contributed by atoms with Crippen LogP contribution < -0.4 is 10.6 Å². The predicted molar refractivity (Wildman–Crippen MR) is 74.5 cm³/mol. The van der Waals surface area contributed by atoms with Crippen LogP contribution in [-0.4, -0.2) is 23.4 Å². The van der Waals surface area contributed by atoms with Crippen molar-refractivity contribution in [1.82, 2.24) is 5.32 Å². The van der Waals surface area contributed by atoms with Crippen LogP contribution in [0.4, 0.5) is 11.4 Å². The van der Waals surface area contributed by atoms with Gasteiger partial charge in [0.05, 0.1) is 4.92 Å². The molecule has 0 aliphatic carbocycles. The fourth-order valence-corrected chi connectivity index (χ4v) is 1.66. The molecule has 104 valence electrons. The van der Waals surface area contributed by atoms with Gasteiger partial charge in [-0.1, -0.05) is 13.0 Å². The maximum Gasteiger partial charge on any atom is 0.305 e. The van der Waals surface area contributed by atoms with E-state index in [1.165, 1.54) is 6.07 Å². The second-order valence-corrected chi connectivity index (χ2v) is 4.27. The number of hydrogen-bond acceptors (Lipinski definition) is 4. The molecular weight excluding hydrogens is 246 g/mol. The zero-order valence-corrected chi connectivity index (χ0v) is 11.4. The molecule has 19 heavy (non-hydrogen) atoms. The lowest BCUT2D eigenvalue weighted by molar-refractivity contribution is -0.384. The summed E-state index contributed by atoms with van der Waals surface area (Å²) >= 11 is 0. The molecule has 0 heterocycles. The number of amides is 1. The smallest absolute Gasteiger partial charge is 0.305 e. The van der Waals surface area contributed by atoms with Crippen LogP contribution in [0.15, 0.2) is 18.2 Å². The van der Waals surface area contributed by atoms with Crippen molar-refractivity contribution in [3.8, 4) is 0 Å². The first-order valence-electron chi connectivity index (χ1n) is 6.33. The molecule has 6 nitrogen and oxygen atoms in total. The Hall–Kier alpha value is -2.11. The van der Waals surface area contributed by atoms with Crippen molar-refractivity contribution in [3.63, 3.8) is 0 Å². The average Bonchev–Trinajstić information content (AvgIpc) is 2.38. The Bertz CT molecular complexity index is 474. The number of anilines is 1. The molecule has 0 aromatic heterocycles. The maximum atomic E-state index is 12.1. The van der Waals surface area contributed by atoms with Gasteiger partial charge < -0.3 is 10.6 Å². The van der Waals surface area contributed by atoms with Crippen LogP contribution in [0.1, 0.15) is 37.6 Å². The Kier molecular flexibility index (Phi) is 5.29. The van der Waals surface area contributed by atoms with E-state index >= 15 is 0 Å². The summed E-state index contributed by atoms with van der Waals surface area (Å²) in [6, 6.07) is 4.68. The standard InChI is InChI=1S/C13H19N3O3/c1-4-9(3)15-13(17)10-7-6-8-11(14-5-2)12(10)16(18)19/h6-9,14H,4-5H2,1-3H3,(H,15,17). The van der Waals surface area contributed by atoms with Crippen molar-refractivity contribution in [2.45, 2.75) is 33.2 Å². The van der Waals surface area contributed by atoms with E-state index in [1.807, 2.05) is 20.8 Å². The van der Waals surface area contributed by atoms with Gasteiger partial charge >= 0.3 is 5.69 Å². The summed E-state index contributed by atoms with van der Waals surface area (Å²) in [7, 11) is 0. The lowest BCUT2D eigenvalue weighted by atomic mass is 10.1. The third-order valence-electron chi connectivity index (χ3n) is 2.82. The van der Waals surface area contributed by atoms with Crippen molar-refractivity contribution in [1.29, 1.82) is 0 Å². The molecule has 1 aromatic rings. The van der Waals surface area contributed by atoms with Gasteiger partial charge in [0.15, 0.2) is 0 Å². The zero-order valence-electron chi connectivity index (χ0n) is 11.4. The topological polar surface area (TPSA) is 84.3 Å². The van der Waals surface area contributed by atoms with E-state index in [2.05, 4.69) is 10.6 Å². The summed E-state index contributed by atoms with van der Waals surface area (Å²) in [6.07, 6.45) is 0.770. The number of benzene rings is 1. The average molecular weight is 265 g/mol. The molecular formula is C13H19N3O3. The lowest BCUT2D eigenvalue weighted by Crippen LogP contribution is -2.32. The number of carbonyl (C=O) groups excluding carboxylic acids is 1. The normalized spacial score (nSPS) is 11.7. The molecule has 0 fully saturated rings. The first-order valence-corrected chi connectivity index (χ1v) is 6.33. The van der Waals surface area contributed by atoms with Crippen molar-refractivity contribution in [2.24, 2.45) is 0 Å². The minimum absolute atomic E-state index is 0.0186. The van der Waals surface area contributed by atoms with Gasteiger partial charge in [0, 0.05) is 12.6 Å². The molecule has 1 rings (SSSR count). The Labute approximate surface area is 112 Å². The number of para-hydroxylation sites is 1. The van der Waals surface area contributed by atoms with Gasteiger partial charge in [-0.05, 0) is 32.4 Å². The fraction of sp³-hybridized carbons (Fsp3) is 0.462. The molecule has 1 unspecified atom stereocenters. The van der Waals surface area contributed by atoms with Gasteiger partial charge in [0.2, 0.25) is 0 Å². The van der Waals surface area contributed by atoms with E-state index in [1.54, 1.807) is 12.1 Å².